The van der Waals surface area contributed by atoms with Gasteiger partial charge in [0.25, 0.3) is 5.91 Å². The molecule has 118 valence electrons. The van der Waals surface area contributed by atoms with Gasteiger partial charge in [-0.05, 0) is 24.6 Å². The van der Waals surface area contributed by atoms with E-state index in [9.17, 15) is 10.1 Å². The fourth-order valence-electron chi connectivity index (χ4n) is 2.84. The maximum atomic E-state index is 12.5. The van der Waals surface area contributed by atoms with Crippen LogP contribution < -0.4 is 5.32 Å². The molecule has 1 amide bonds. The first-order valence-corrected chi connectivity index (χ1v) is 7.88. The molecule has 3 rings (SSSR count). The van der Waals surface area contributed by atoms with Gasteiger partial charge in [-0.3, -0.25) is 9.78 Å². The van der Waals surface area contributed by atoms with Crippen molar-refractivity contribution < 1.29 is 4.79 Å². The zero-order valence-corrected chi connectivity index (χ0v) is 13.4. The molecule has 0 aliphatic heterocycles. The summed E-state index contributed by atoms with van der Waals surface area (Å²) in [5, 5.41) is 13.4. The maximum absolute atomic E-state index is 12.5. The van der Waals surface area contributed by atoms with E-state index in [0.717, 1.165) is 16.5 Å². The molecule has 1 N–H and O–H groups in total. The number of aromatic nitrogens is 1. The van der Waals surface area contributed by atoms with Crippen LogP contribution in [0.1, 0.15) is 40.9 Å². The molecule has 0 spiro atoms. The average molecular weight is 315 g/mol. The molecule has 0 fully saturated rings. The van der Waals surface area contributed by atoms with Crippen LogP contribution in [0.15, 0.2) is 60.8 Å². The Morgan fingerprint density at radius 3 is 2.58 bits per heavy atom. The zero-order valence-electron chi connectivity index (χ0n) is 13.4. The monoisotopic (exact) mass is 315 g/mol. The lowest BCUT2D eigenvalue weighted by atomic mass is 9.95. The molecule has 0 aliphatic carbocycles. The summed E-state index contributed by atoms with van der Waals surface area (Å²) in [5.41, 5.74) is 2.75. The number of nitrogens with one attached hydrogen (secondary N) is 1. The van der Waals surface area contributed by atoms with Gasteiger partial charge in [0.05, 0.1) is 17.1 Å². The van der Waals surface area contributed by atoms with Gasteiger partial charge in [-0.15, -0.1) is 0 Å². The van der Waals surface area contributed by atoms with E-state index in [0.29, 0.717) is 17.5 Å². The summed E-state index contributed by atoms with van der Waals surface area (Å²) in [6.45, 7) is 1.99. The van der Waals surface area contributed by atoms with E-state index in [4.69, 9.17) is 0 Å². The largest absolute Gasteiger partial charge is 0.345 e. The van der Waals surface area contributed by atoms with E-state index >= 15 is 0 Å². The third-order valence-electron chi connectivity index (χ3n) is 4.04. The van der Waals surface area contributed by atoms with Crippen LogP contribution in [0.4, 0.5) is 0 Å². The summed E-state index contributed by atoms with van der Waals surface area (Å²) in [4.78, 5) is 16.8. The Morgan fingerprint density at radius 2 is 1.88 bits per heavy atom. The minimum Gasteiger partial charge on any atom is -0.345 e. The van der Waals surface area contributed by atoms with Crippen LogP contribution in [0.25, 0.3) is 10.9 Å². The standard InChI is InChI=1S/C20H17N3O/c1-2-17(23-20(24)14-8-4-3-5-9-14)19-15(12-21)13-22-18-11-7-6-10-16(18)19/h3-11,13,17H,2H2,1H3,(H,23,24). The Labute approximate surface area is 140 Å². The van der Waals surface area contributed by atoms with Crippen molar-refractivity contribution in [2.45, 2.75) is 19.4 Å². The van der Waals surface area contributed by atoms with E-state index < -0.39 is 0 Å². The van der Waals surface area contributed by atoms with Gasteiger partial charge >= 0.3 is 0 Å². The fraction of sp³-hybridized carbons (Fsp3) is 0.150. The average Bonchev–Trinajstić information content (AvgIpc) is 2.65. The van der Waals surface area contributed by atoms with Crippen LogP contribution in [-0.4, -0.2) is 10.9 Å². The number of amides is 1. The second-order valence-corrected chi connectivity index (χ2v) is 5.51. The first kappa shape index (κ1) is 15.7. The van der Waals surface area contributed by atoms with Crippen molar-refractivity contribution in [3.05, 3.63) is 77.5 Å². The maximum Gasteiger partial charge on any atom is 0.251 e. The number of nitrogens with zero attached hydrogens (tertiary/aromatic N) is 2. The molecule has 0 bridgehead atoms. The Balaban J connectivity index is 2.04. The molecule has 1 atom stereocenters. The quantitative estimate of drug-likeness (QED) is 0.791. The van der Waals surface area contributed by atoms with Gasteiger partial charge in [-0.25, -0.2) is 0 Å². The van der Waals surface area contributed by atoms with Crippen molar-refractivity contribution in [2.75, 3.05) is 0 Å². The lowest BCUT2D eigenvalue weighted by molar-refractivity contribution is 0.0936. The summed E-state index contributed by atoms with van der Waals surface area (Å²) in [5.74, 6) is -0.146. The topological polar surface area (TPSA) is 65.8 Å². The number of rotatable bonds is 4. The summed E-state index contributed by atoms with van der Waals surface area (Å²) in [6, 6.07) is 18.7. The predicted molar refractivity (Wildman–Crippen MR) is 93.4 cm³/mol. The molecule has 1 heterocycles. The van der Waals surface area contributed by atoms with Crippen LogP contribution in [-0.2, 0) is 0 Å². The third-order valence-corrected chi connectivity index (χ3v) is 4.04. The molecule has 0 aliphatic rings. The van der Waals surface area contributed by atoms with Gasteiger partial charge in [-0.1, -0.05) is 43.3 Å². The van der Waals surface area contributed by atoms with Crippen molar-refractivity contribution in [3.8, 4) is 6.07 Å². The van der Waals surface area contributed by atoms with E-state index in [2.05, 4.69) is 16.4 Å². The molecule has 0 radical (unpaired) electrons. The lowest BCUT2D eigenvalue weighted by Gasteiger charge is -2.20. The number of para-hydroxylation sites is 1. The van der Waals surface area contributed by atoms with Crippen molar-refractivity contribution in [3.63, 3.8) is 0 Å². The summed E-state index contributed by atoms with van der Waals surface area (Å²) in [6.07, 6.45) is 2.26. The molecular weight excluding hydrogens is 298 g/mol. The number of hydrogen-bond donors (Lipinski definition) is 1. The second-order valence-electron chi connectivity index (χ2n) is 5.51. The molecular formula is C20H17N3O. The number of pyridine rings is 1. The molecule has 0 saturated heterocycles. The van der Waals surface area contributed by atoms with Gasteiger partial charge in [0.2, 0.25) is 0 Å². The highest BCUT2D eigenvalue weighted by Crippen LogP contribution is 2.28. The van der Waals surface area contributed by atoms with Crippen LogP contribution in [0.2, 0.25) is 0 Å². The highest BCUT2D eigenvalue weighted by molar-refractivity contribution is 5.95. The van der Waals surface area contributed by atoms with E-state index in [1.807, 2.05) is 49.4 Å². The third kappa shape index (κ3) is 2.97. The van der Waals surface area contributed by atoms with Crippen LogP contribution in [0.3, 0.4) is 0 Å². The van der Waals surface area contributed by atoms with Crippen molar-refractivity contribution in [2.24, 2.45) is 0 Å². The highest BCUT2D eigenvalue weighted by Gasteiger charge is 2.20. The number of nitriles is 1. The molecule has 4 heteroatoms. The molecule has 1 aromatic heterocycles. The van der Waals surface area contributed by atoms with Crippen LogP contribution >= 0.6 is 0 Å². The Kier molecular flexibility index (Phi) is 4.53. The molecule has 4 nitrogen and oxygen atoms in total. The Bertz CT molecular complexity index is 913. The van der Waals surface area contributed by atoms with Crippen molar-refractivity contribution >= 4 is 16.8 Å². The summed E-state index contributed by atoms with van der Waals surface area (Å²) in [7, 11) is 0. The molecule has 3 aromatic rings. The number of hydrogen-bond acceptors (Lipinski definition) is 3. The predicted octanol–water partition coefficient (Wildman–Crippen LogP) is 3.99. The summed E-state index contributed by atoms with van der Waals surface area (Å²) < 4.78 is 0. The second kappa shape index (κ2) is 6.93. The smallest absolute Gasteiger partial charge is 0.251 e. The number of fused-ring (bicyclic) bond motifs is 1. The van der Waals surface area contributed by atoms with Gasteiger partial charge in [0.15, 0.2) is 0 Å². The number of carbonyl (C=O) groups is 1. The zero-order chi connectivity index (χ0) is 16.9. The van der Waals surface area contributed by atoms with E-state index in [1.165, 1.54) is 0 Å². The lowest BCUT2D eigenvalue weighted by Crippen LogP contribution is -2.29. The SMILES string of the molecule is CCC(NC(=O)c1ccccc1)c1c(C#N)cnc2ccccc12. The highest BCUT2D eigenvalue weighted by atomic mass is 16.1. The molecule has 24 heavy (non-hydrogen) atoms. The normalized spacial score (nSPS) is 11.7. The number of benzene rings is 2. The molecule has 0 saturated carbocycles. The number of carbonyl (C=O) groups excluding carboxylic acids is 1. The molecule has 1 unspecified atom stereocenters. The van der Waals surface area contributed by atoms with Crippen LogP contribution in [0, 0.1) is 11.3 Å². The van der Waals surface area contributed by atoms with Gasteiger partial charge < -0.3 is 5.32 Å². The fourth-order valence-corrected chi connectivity index (χ4v) is 2.84. The van der Waals surface area contributed by atoms with Gasteiger partial charge in [0, 0.05) is 22.7 Å². The van der Waals surface area contributed by atoms with Crippen molar-refractivity contribution in [1.29, 1.82) is 5.26 Å². The minimum atomic E-state index is -0.250. The van der Waals surface area contributed by atoms with E-state index in [-0.39, 0.29) is 11.9 Å². The minimum absolute atomic E-state index is 0.146. The first-order valence-electron chi connectivity index (χ1n) is 7.88. The summed E-state index contributed by atoms with van der Waals surface area (Å²) >= 11 is 0. The van der Waals surface area contributed by atoms with Gasteiger partial charge in [-0.2, -0.15) is 5.26 Å². The van der Waals surface area contributed by atoms with Gasteiger partial charge in [0.1, 0.15) is 6.07 Å². The van der Waals surface area contributed by atoms with E-state index in [1.54, 1.807) is 18.3 Å². The van der Waals surface area contributed by atoms with Crippen LogP contribution in [0.5, 0.6) is 0 Å². The molecule has 2 aromatic carbocycles. The van der Waals surface area contributed by atoms with Crippen molar-refractivity contribution in [1.82, 2.24) is 10.3 Å². The first-order chi connectivity index (χ1) is 11.7. The Morgan fingerprint density at radius 1 is 1.17 bits per heavy atom. The Hall–Kier alpha value is -3.19.